The third kappa shape index (κ3) is 2.12. The zero-order valence-corrected chi connectivity index (χ0v) is 9.55. The molecular weight excluding hydrogens is 194 g/mol. The van der Waals surface area contributed by atoms with Crippen molar-refractivity contribution in [1.29, 1.82) is 0 Å². The number of aryl methyl sites for hydroxylation is 1. The van der Waals surface area contributed by atoms with E-state index in [9.17, 15) is 0 Å². The van der Waals surface area contributed by atoms with Crippen LogP contribution in [0.15, 0.2) is 12.4 Å². The Morgan fingerprint density at radius 2 is 2.57 bits per heavy atom. The van der Waals surface area contributed by atoms with Gasteiger partial charge < -0.3 is 5.32 Å². The summed E-state index contributed by atoms with van der Waals surface area (Å²) < 4.78 is 1.98. The van der Waals surface area contributed by atoms with Gasteiger partial charge in [-0.25, -0.2) is 0 Å². The van der Waals surface area contributed by atoms with Gasteiger partial charge in [0.15, 0.2) is 0 Å². The van der Waals surface area contributed by atoms with Crippen molar-refractivity contribution >= 4 is 11.8 Å². The molecule has 2 unspecified atom stereocenters. The first-order valence-electron chi connectivity index (χ1n) is 5.17. The lowest BCUT2D eigenvalue weighted by atomic mass is 10.2. The van der Waals surface area contributed by atoms with Crippen molar-refractivity contribution < 1.29 is 0 Å². The number of hydrogen-bond donors (Lipinski definition) is 1. The highest BCUT2D eigenvalue weighted by atomic mass is 32.2. The summed E-state index contributed by atoms with van der Waals surface area (Å²) >= 11 is 1.98. The van der Waals surface area contributed by atoms with Crippen molar-refractivity contribution in [2.24, 2.45) is 5.92 Å². The maximum atomic E-state index is 4.29. The van der Waals surface area contributed by atoms with Crippen LogP contribution >= 0.6 is 11.8 Å². The Balaban J connectivity index is 2.01. The summed E-state index contributed by atoms with van der Waals surface area (Å²) in [7, 11) is 0. The van der Waals surface area contributed by atoms with E-state index in [-0.39, 0.29) is 0 Å². The zero-order valence-electron chi connectivity index (χ0n) is 8.73. The Labute approximate surface area is 89.3 Å². The van der Waals surface area contributed by atoms with Crippen LogP contribution in [0.25, 0.3) is 0 Å². The number of aromatic nitrogens is 2. The maximum Gasteiger partial charge on any atom is 0.0820 e. The van der Waals surface area contributed by atoms with E-state index in [4.69, 9.17) is 0 Å². The highest BCUT2D eigenvalue weighted by Crippen LogP contribution is 2.30. The summed E-state index contributed by atoms with van der Waals surface area (Å²) in [6.07, 6.45) is 4.12. The molecule has 0 radical (unpaired) electrons. The van der Waals surface area contributed by atoms with Gasteiger partial charge in [0.05, 0.1) is 11.6 Å². The van der Waals surface area contributed by atoms with Crippen LogP contribution in [0.5, 0.6) is 0 Å². The van der Waals surface area contributed by atoms with Crippen LogP contribution < -0.4 is 5.32 Å². The third-order valence-electron chi connectivity index (χ3n) is 2.48. The number of nitrogens with zero attached hydrogens (tertiary/aromatic N) is 2. The van der Waals surface area contributed by atoms with Gasteiger partial charge in [-0.3, -0.25) is 4.68 Å². The van der Waals surface area contributed by atoms with Crippen molar-refractivity contribution in [3.05, 3.63) is 18.0 Å². The Kier molecular flexibility index (Phi) is 3.13. The lowest BCUT2D eigenvalue weighted by Gasteiger charge is -2.26. The summed E-state index contributed by atoms with van der Waals surface area (Å²) in [5, 5.41) is 8.27. The molecule has 4 heteroatoms. The standard InChI is InChI=1S/C10H17N3S/c1-3-13-6-9(5-12-13)10-11-4-8(2)7-14-10/h5-6,8,10-11H,3-4,7H2,1-2H3. The Bertz CT molecular complexity index is 289. The molecule has 3 nitrogen and oxygen atoms in total. The van der Waals surface area contributed by atoms with E-state index in [0.29, 0.717) is 5.37 Å². The molecule has 1 aromatic heterocycles. The van der Waals surface area contributed by atoms with Gasteiger partial charge in [-0.1, -0.05) is 6.92 Å². The average molecular weight is 211 g/mol. The molecule has 1 aliphatic heterocycles. The van der Waals surface area contributed by atoms with Crippen molar-refractivity contribution in [3.8, 4) is 0 Å². The zero-order chi connectivity index (χ0) is 9.97. The molecule has 14 heavy (non-hydrogen) atoms. The summed E-state index contributed by atoms with van der Waals surface area (Å²) in [6.45, 7) is 6.47. The molecule has 1 aliphatic rings. The first-order chi connectivity index (χ1) is 6.79. The fourth-order valence-electron chi connectivity index (χ4n) is 1.59. The average Bonchev–Trinajstić information content (AvgIpc) is 2.67. The second-order valence-electron chi connectivity index (χ2n) is 3.86. The molecule has 1 saturated heterocycles. The van der Waals surface area contributed by atoms with Crippen molar-refractivity contribution in [3.63, 3.8) is 0 Å². The van der Waals surface area contributed by atoms with E-state index in [0.717, 1.165) is 19.0 Å². The molecule has 0 aromatic carbocycles. The van der Waals surface area contributed by atoms with Crippen LogP contribution in [-0.2, 0) is 6.54 Å². The number of hydrogen-bond acceptors (Lipinski definition) is 3. The molecule has 0 bridgehead atoms. The molecular formula is C10H17N3S. The predicted octanol–water partition coefficient (Wildman–Crippen LogP) is 1.87. The predicted molar refractivity (Wildman–Crippen MR) is 60.3 cm³/mol. The van der Waals surface area contributed by atoms with Gasteiger partial charge in [0.25, 0.3) is 0 Å². The number of nitrogens with one attached hydrogen (secondary N) is 1. The van der Waals surface area contributed by atoms with Crippen LogP contribution in [0.2, 0.25) is 0 Å². The minimum Gasteiger partial charge on any atom is -0.301 e. The smallest absolute Gasteiger partial charge is 0.0820 e. The van der Waals surface area contributed by atoms with Gasteiger partial charge in [-0.05, 0) is 25.1 Å². The molecule has 0 saturated carbocycles. The molecule has 1 aromatic rings. The second-order valence-corrected chi connectivity index (χ2v) is 4.99. The molecule has 1 N–H and O–H groups in total. The van der Waals surface area contributed by atoms with Crippen molar-refractivity contribution in [1.82, 2.24) is 15.1 Å². The minimum absolute atomic E-state index is 0.450. The lowest BCUT2D eigenvalue weighted by molar-refractivity contribution is 0.529. The molecule has 2 rings (SSSR count). The van der Waals surface area contributed by atoms with Gasteiger partial charge in [0, 0.05) is 18.3 Å². The molecule has 2 atom stereocenters. The second kappa shape index (κ2) is 4.36. The van der Waals surface area contributed by atoms with Gasteiger partial charge in [-0.2, -0.15) is 5.10 Å². The van der Waals surface area contributed by atoms with E-state index in [1.165, 1.54) is 11.3 Å². The van der Waals surface area contributed by atoms with Crippen LogP contribution in [0.3, 0.4) is 0 Å². The van der Waals surface area contributed by atoms with Crippen LogP contribution in [0.4, 0.5) is 0 Å². The Morgan fingerprint density at radius 1 is 1.71 bits per heavy atom. The fraction of sp³-hybridized carbons (Fsp3) is 0.700. The largest absolute Gasteiger partial charge is 0.301 e. The van der Waals surface area contributed by atoms with Crippen LogP contribution in [0.1, 0.15) is 24.8 Å². The lowest BCUT2D eigenvalue weighted by Crippen LogP contribution is -2.30. The summed E-state index contributed by atoms with van der Waals surface area (Å²) in [4.78, 5) is 0. The highest BCUT2D eigenvalue weighted by Gasteiger charge is 2.20. The van der Waals surface area contributed by atoms with Gasteiger partial charge in [0.2, 0.25) is 0 Å². The van der Waals surface area contributed by atoms with Gasteiger partial charge >= 0.3 is 0 Å². The normalized spacial score (nSPS) is 27.9. The molecule has 1 fully saturated rings. The summed E-state index contributed by atoms with van der Waals surface area (Å²) in [5.74, 6) is 2.03. The summed E-state index contributed by atoms with van der Waals surface area (Å²) in [5.41, 5.74) is 1.31. The van der Waals surface area contributed by atoms with Crippen LogP contribution in [0, 0.1) is 5.92 Å². The highest BCUT2D eigenvalue weighted by molar-refractivity contribution is 7.99. The first kappa shape index (κ1) is 10.1. The topological polar surface area (TPSA) is 29.9 Å². The van der Waals surface area contributed by atoms with Gasteiger partial charge in [0.1, 0.15) is 0 Å². The molecule has 78 valence electrons. The Hall–Kier alpha value is -0.480. The molecule has 0 spiro atoms. The van der Waals surface area contributed by atoms with E-state index in [1.807, 2.05) is 22.6 Å². The number of rotatable bonds is 2. The maximum absolute atomic E-state index is 4.29. The first-order valence-corrected chi connectivity index (χ1v) is 6.21. The van der Waals surface area contributed by atoms with Crippen molar-refractivity contribution in [2.45, 2.75) is 25.8 Å². The van der Waals surface area contributed by atoms with E-state index >= 15 is 0 Å². The summed E-state index contributed by atoms with van der Waals surface area (Å²) in [6, 6.07) is 0. The quantitative estimate of drug-likeness (QED) is 0.810. The van der Waals surface area contributed by atoms with Crippen LogP contribution in [-0.4, -0.2) is 22.1 Å². The minimum atomic E-state index is 0.450. The van der Waals surface area contributed by atoms with E-state index in [2.05, 4.69) is 30.5 Å². The third-order valence-corrected chi connectivity index (χ3v) is 4.01. The molecule has 2 heterocycles. The number of thioether (sulfide) groups is 1. The molecule has 0 amide bonds. The van der Waals surface area contributed by atoms with E-state index < -0.39 is 0 Å². The van der Waals surface area contributed by atoms with Crippen molar-refractivity contribution in [2.75, 3.05) is 12.3 Å². The SMILES string of the molecule is CCn1cc(C2NCC(C)CS2)cn1. The molecule has 0 aliphatic carbocycles. The monoisotopic (exact) mass is 211 g/mol. The van der Waals surface area contributed by atoms with Gasteiger partial charge in [-0.15, -0.1) is 11.8 Å². The Morgan fingerprint density at radius 3 is 3.14 bits per heavy atom. The van der Waals surface area contributed by atoms with E-state index in [1.54, 1.807) is 0 Å². The fourth-order valence-corrected chi connectivity index (χ4v) is 2.76.